The Hall–Kier alpha value is -1.84. The zero-order chi connectivity index (χ0) is 16.1. The van der Waals surface area contributed by atoms with Gasteiger partial charge in [-0.15, -0.1) is 0 Å². The predicted octanol–water partition coefficient (Wildman–Crippen LogP) is 4.21. The summed E-state index contributed by atoms with van der Waals surface area (Å²) in [5, 5.41) is 12.8. The molecule has 0 unspecified atom stereocenters. The first-order chi connectivity index (χ1) is 10.5. The van der Waals surface area contributed by atoms with Crippen LogP contribution in [-0.4, -0.2) is 11.0 Å². The van der Waals surface area contributed by atoms with E-state index in [9.17, 15) is 9.90 Å². The van der Waals surface area contributed by atoms with Gasteiger partial charge in [0.15, 0.2) is 0 Å². The van der Waals surface area contributed by atoms with E-state index < -0.39 is 0 Å². The maximum atomic E-state index is 12.6. The van der Waals surface area contributed by atoms with E-state index >= 15 is 0 Å². The van der Waals surface area contributed by atoms with Crippen LogP contribution in [0.25, 0.3) is 0 Å². The Kier molecular flexibility index (Phi) is 5.58. The van der Waals surface area contributed by atoms with Gasteiger partial charge in [-0.05, 0) is 41.3 Å². The van der Waals surface area contributed by atoms with Gasteiger partial charge in [0.05, 0.1) is 12.5 Å². The number of carbonyl (C=O) groups excluding carboxylic acids is 1. The Morgan fingerprint density at radius 2 is 1.86 bits per heavy atom. The number of carbonyl (C=O) groups is 1. The van der Waals surface area contributed by atoms with Gasteiger partial charge in [-0.3, -0.25) is 4.79 Å². The summed E-state index contributed by atoms with van der Waals surface area (Å²) in [6.45, 7) is 3.99. The fraction of sp³-hybridized carbons (Fsp3) is 0.278. The van der Waals surface area contributed by atoms with Crippen molar-refractivity contribution in [1.29, 1.82) is 0 Å². The molecule has 0 bridgehead atoms. The fourth-order valence-corrected chi connectivity index (χ4v) is 2.60. The van der Waals surface area contributed by atoms with E-state index in [0.29, 0.717) is 10.7 Å². The van der Waals surface area contributed by atoms with Crippen LogP contribution >= 0.6 is 11.6 Å². The lowest BCUT2D eigenvalue weighted by atomic mass is 9.87. The van der Waals surface area contributed by atoms with E-state index in [2.05, 4.69) is 5.32 Å². The summed E-state index contributed by atoms with van der Waals surface area (Å²) in [7, 11) is 0. The van der Waals surface area contributed by atoms with Gasteiger partial charge in [-0.25, -0.2) is 0 Å². The lowest BCUT2D eigenvalue weighted by Crippen LogP contribution is -2.25. The van der Waals surface area contributed by atoms with Crippen molar-refractivity contribution in [2.45, 2.75) is 26.4 Å². The minimum Gasteiger partial charge on any atom is -0.392 e. The van der Waals surface area contributed by atoms with Crippen LogP contribution in [0.5, 0.6) is 0 Å². The van der Waals surface area contributed by atoms with E-state index in [-0.39, 0.29) is 24.3 Å². The van der Waals surface area contributed by atoms with Gasteiger partial charge in [0.1, 0.15) is 0 Å². The van der Waals surface area contributed by atoms with Crippen LogP contribution in [0.2, 0.25) is 5.02 Å². The minimum atomic E-state index is -0.255. The number of halogens is 1. The number of aliphatic hydroxyl groups excluding tert-OH is 1. The molecule has 0 radical (unpaired) electrons. The molecule has 0 fully saturated rings. The van der Waals surface area contributed by atoms with E-state index in [1.54, 1.807) is 18.2 Å². The smallest absolute Gasteiger partial charge is 0.232 e. The number of amides is 1. The molecular formula is C18H20ClNO2. The van der Waals surface area contributed by atoms with Crippen LogP contribution in [0.3, 0.4) is 0 Å². The number of benzene rings is 2. The summed E-state index contributed by atoms with van der Waals surface area (Å²) >= 11 is 5.91. The Bertz CT molecular complexity index is 638. The van der Waals surface area contributed by atoms with Gasteiger partial charge in [-0.1, -0.05) is 49.7 Å². The normalized spacial score (nSPS) is 12.2. The maximum Gasteiger partial charge on any atom is 0.232 e. The van der Waals surface area contributed by atoms with Gasteiger partial charge in [0.25, 0.3) is 0 Å². The summed E-state index contributed by atoms with van der Waals surface area (Å²) in [5.41, 5.74) is 2.40. The first-order valence-electron chi connectivity index (χ1n) is 7.27. The van der Waals surface area contributed by atoms with Gasteiger partial charge >= 0.3 is 0 Å². The van der Waals surface area contributed by atoms with Gasteiger partial charge < -0.3 is 10.4 Å². The lowest BCUT2D eigenvalue weighted by Gasteiger charge is -2.21. The third-order valence-electron chi connectivity index (χ3n) is 3.56. The van der Waals surface area contributed by atoms with Crippen molar-refractivity contribution >= 4 is 23.2 Å². The molecule has 0 saturated heterocycles. The Balaban J connectivity index is 2.21. The van der Waals surface area contributed by atoms with Gasteiger partial charge in [0, 0.05) is 10.7 Å². The number of aliphatic hydroxyl groups is 1. The van der Waals surface area contributed by atoms with E-state index in [0.717, 1.165) is 11.1 Å². The number of rotatable bonds is 5. The van der Waals surface area contributed by atoms with Crippen molar-refractivity contribution < 1.29 is 9.90 Å². The molecule has 0 aromatic heterocycles. The zero-order valence-electron chi connectivity index (χ0n) is 12.7. The molecule has 2 rings (SSSR count). The Morgan fingerprint density at radius 1 is 1.18 bits per heavy atom. The average Bonchev–Trinajstić information content (AvgIpc) is 2.49. The SMILES string of the molecule is CC(C)[C@@H](C(=O)Nc1cccc(CO)c1)c1ccc(Cl)cc1. The highest BCUT2D eigenvalue weighted by Gasteiger charge is 2.24. The number of hydrogen-bond acceptors (Lipinski definition) is 2. The van der Waals surface area contributed by atoms with E-state index in [4.69, 9.17) is 11.6 Å². The second kappa shape index (κ2) is 7.43. The van der Waals surface area contributed by atoms with Crippen LogP contribution in [0, 0.1) is 5.92 Å². The average molecular weight is 318 g/mol. The van der Waals surface area contributed by atoms with Crippen LogP contribution in [0.15, 0.2) is 48.5 Å². The molecular weight excluding hydrogens is 298 g/mol. The molecule has 0 aliphatic rings. The number of anilines is 1. The molecule has 0 aliphatic heterocycles. The molecule has 116 valence electrons. The number of hydrogen-bond donors (Lipinski definition) is 2. The lowest BCUT2D eigenvalue weighted by molar-refractivity contribution is -0.118. The minimum absolute atomic E-state index is 0.0471. The molecule has 2 N–H and O–H groups in total. The molecule has 0 saturated carbocycles. The molecule has 0 spiro atoms. The van der Waals surface area contributed by atoms with E-state index in [1.807, 2.05) is 44.2 Å². The Morgan fingerprint density at radius 3 is 2.45 bits per heavy atom. The number of nitrogens with one attached hydrogen (secondary N) is 1. The third-order valence-corrected chi connectivity index (χ3v) is 3.81. The second-order valence-electron chi connectivity index (χ2n) is 5.62. The molecule has 0 aliphatic carbocycles. The molecule has 22 heavy (non-hydrogen) atoms. The van der Waals surface area contributed by atoms with Gasteiger partial charge in [0.2, 0.25) is 5.91 Å². The topological polar surface area (TPSA) is 49.3 Å². The molecule has 1 amide bonds. The molecule has 4 heteroatoms. The zero-order valence-corrected chi connectivity index (χ0v) is 13.5. The summed E-state index contributed by atoms with van der Waals surface area (Å²) in [5.74, 6) is -0.162. The standard InChI is InChI=1S/C18H20ClNO2/c1-12(2)17(14-6-8-15(19)9-7-14)18(22)20-16-5-3-4-13(10-16)11-21/h3-10,12,17,21H,11H2,1-2H3,(H,20,22)/t17-/m1/s1. The third kappa shape index (κ3) is 4.09. The fourth-order valence-electron chi connectivity index (χ4n) is 2.48. The summed E-state index contributed by atoms with van der Waals surface area (Å²) in [6, 6.07) is 14.6. The highest BCUT2D eigenvalue weighted by molar-refractivity contribution is 6.30. The summed E-state index contributed by atoms with van der Waals surface area (Å²) in [6.07, 6.45) is 0. The van der Waals surface area contributed by atoms with Crippen molar-refractivity contribution in [2.75, 3.05) is 5.32 Å². The van der Waals surface area contributed by atoms with E-state index in [1.165, 1.54) is 0 Å². The molecule has 3 nitrogen and oxygen atoms in total. The molecule has 2 aromatic rings. The highest BCUT2D eigenvalue weighted by atomic mass is 35.5. The van der Waals surface area contributed by atoms with Crippen LogP contribution in [0.1, 0.15) is 30.9 Å². The molecule has 0 heterocycles. The van der Waals surface area contributed by atoms with Gasteiger partial charge in [-0.2, -0.15) is 0 Å². The highest BCUT2D eigenvalue weighted by Crippen LogP contribution is 2.27. The van der Waals surface area contributed by atoms with Crippen molar-refractivity contribution in [2.24, 2.45) is 5.92 Å². The molecule has 2 aromatic carbocycles. The van der Waals surface area contributed by atoms with Crippen LogP contribution in [0.4, 0.5) is 5.69 Å². The first kappa shape index (κ1) is 16.5. The van der Waals surface area contributed by atoms with Crippen LogP contribution in [-0.2, 0) is 11.4 Å². The largest absolute Gasteiger partial charge is 0.392 e. The predicted molar refractivity (Wildman–Crippen MR) is 90.0 cm³/mol. The quantitative estimate of drug-likeness (QED) is 0.867. The summed E-state index contributed by atoms with van der Waals surface area (Å²) in [4.78, 5) is 12.6. The van der Waals surface area contributed by atoms with Crippen molar-refractivity contribution in [3.05, 3.63) is 64.7 Å². The van der Waals surface area contributed by atoms with Crippen molar-refractivity contribution in [3.63, 3.8) is 0 Å². The maximum absolute atomic E-state index is 12.6. The van der Waals surface area contributed by atoms with Crippen molar-refractivity contribution in [1.82, 2.24) is 0 Å². The first-order valence-corrected chi connectivity index (χ1v) is 7.65. The Labute approximate surface area is 135 Å². The monoisotopic (exact) mass is 317 g/mol. The molecule has 1 atom stereocenters. The summed E-state index contributed by atoms with van der Waals surface area (Å²) < 4.78 is 0. The second-order valence-corrected chi connectivity index (χ2v) is 6.06. The van der Waals surface area contributed by atoms with Crippen LogP contribution < -0.4 is 5.32 Å². The van der Waals surface area contributed by atoms with Crippen molar-refractivity contribution in [3.8, 4) is 0 Å².